The second kappa shape index (κ2) is 10.1. The monoisotopic (exact) mass is 500 g/mol. The molecule has 0 aromatic heterocycles. The molecule has 4 atom stereocenters. The van der Waals surface area contributed by atoms with Crippen LogP contribution in [0.5, 0.6) is 0 Å². The van der Waals surface area contributed by atoms with Crippen LogP contribution in [0.1, 0.15) is 17.2 Å². The first-order valence-corrected chi connectivity index (χ1v) is 12.6. The highest BCUT2D eigenvalue weighted by Crippen LogP contribution is 2.39. The van der Waals surface area contributed by atoms with Crippen molar-refractivity contribution in [1.29, 1.82) is 0 Å². The highest BCUT2D eigenvalue weighted by molar-refractivity contribution is 8.12. The first-order valence-electron chi connectivity index (χ1n) is 10.6. The number of nitrogens with two attached hydrogens (primary N) is 1. The topological polar surface area (TPSA) is 142 Å². The third kappa shape index (κ3) is 4.91. The smallest absolute Gasteiger partial charge is 0.332 e. The standard InChI is InChI=1S/C23H24N4O5S2/c24-16(15-9-5-2-6-10-15)18(28)25-17-19(29)27-12-23(21(30)31,13-34-20(17)27)26-22(32)33-11-14-7-3-1-4-8-14/h1-10,16-17,20H,11-13,24H2,(H,25,28)(H,26,32)(H,30,31)/t16?,17?,20-,23?/m1/s1. The van der Waals surface area contributed by atoms with E-state index in [1.807, 2.05) is 36.4 Å². The lowest BCUT2D eigenvalue weighted by molar-refractivity contribution is -0.155. The molecule has 2 saturated heterocycles. The van der Waals surface area contributed by atoms with Gasteiger partial charge in [-0.3, -0.25) is 14.4 Å². The van der Waals surface area contributed by atoms with Crippen LogP contribution in [0.4, 0.5) is 4.79 Å². The Balaban J connectivity index is 1.35. The van der Waals surface area contributed by atoms with E-state index >= 15 is 0 Å². The molecule has 3 amide bonds. The van der Waals surface area contributed by atoms with Gasteiger partial charge in [-0.2, -0.15) is 0 Å². The summed E-state index contributed by atoms with van der Waals surface area (Å²) in [5.41, 5.74) is 5.98. The van der Waals surface area contributed by atoms with Gasteiger partial charge in [-0.25, -0.2) is 4.79 Å². The van der Waals surface area contributed by atoms with E-state index in [-0.39, 0.29) is 12.3 Å². The minimum absolute atomic E-state index is 0.0610. The van der Waals surface area contributed by atoms with Crippen LogP contribution >= 0.6 is 23.5 Å². The van der Waals surface area contributed by atoms with Crippen molar-refractivity contribution in [2.45, 2.75) is 28.7 Å². The Labute approximate surface area is 204 Å². The molecule has 2 heterocycles. The van der Waals surface area contributed by atoms with E-state index in [0.717, 1.165) is 17.3 Å². The van der Waals surface area contributed by atoms with E-state index in [2.05, 4.69) is 10.6 Å². The van der Waals surface area contributed by atoms with E-state index in [0.29, 0.717) is 11.3 Å². The number of carbonyl (C=O) groups excluding carboxylic acids is 3. The Hall–Kier alpha value is -3.02. The number of nitrogens with zero attached hydrogens (tertiary/aromatic N) is 1. The number of β-lactam (4-membered cyclic amide) rings is 1. The number of amides is 3. The second-order valence-electron chi connectivity index (χ2n) is 8.12. The lowest BCUT2D eigenvalue weighted by atomic mass is 9.96. The molecular weight excluding hydrogens is 476 g/mol. The normalized spacial score (nSPS) is 24.4. The summed E-state index contributed by atoms with van der Waals surface area (Å²) in [5.74, 6) is -1.63. The molecule has 5 N–H and O–H groups in total. The van der Waals surface area contributed by atoms with E-state index in [1.54, 1.807) is 24.3 Å². The Morgan fingerprint density at radius 2 is 1.79 bits per heavy atom. The van der Waals surface area contributed by atoms with E-state index in [1.165, 1.54) is 16.7 Å². The molecule has 2 aliphatic rings. The van der Waals surface area contributed by atoms with Gasteiger partial charge in [-0.15, -0.1) is 11.8 Å². The predicted octanol–water partition coefficient (Wildman–Crippen LogP) is 1.55. The average Bonchev–Trinajstić information content (AvgIpc) is 2.86. The lowest BCUT2D eigenvalue weighted by Crippen LogP contribution is -2.77. The van der Waals surface area contributed by atoms with Gasteiger partial charge in [0.1, 0.15) is 17.5 Å². The Morgan fingerprint density at radius 1 is 1.15 bits per heavy atom. The molecule has 9 nitrogen and oxygen atoms in total. The average molecular weight is 501 g/mol. The first kappa shape index (κ1) is 24.1. The van der Waals surface area contributed by atoms with Crippen LogP contribution in [0.2, 0.25) is 0 Å². The number of thioether (sulfide) groups is 2. The molecule has 0 aliphatic carbocycles. The fraction of sp³-hybridized carbons (Fsp3) is 0.304. The summed E-state index contributed by atoms with van der Waals surface area (Å²) in [5, 5.41) is 14.3. The van der Waals surface area contributed by atoms with Crippen LogP contribution < -0.4 is 16.4 Å². The maximum absolute atomic E-state index is 12.7. The minimum Gasteiger partial charge on any atom is -0.479 e. The molecule has 0 spiro atoms. The van der Waals surface area contributed by atoms with Crippen molar-refractivity contribution in [1.82, 2.24) is 15.5 Å². The Bertz CT molecular complexity index is 1090. The lowest BCUT2D eigenvalue weighted by Gasteiger charge is -2.53. The number of hydrogen-bond donors (Lipinski definition) is 4. The number of hydrogen-bond acceptors (Lipinski definition) is 7. The van der Waals surface area contributed by atoms with Gasteiger partial charge in [0, 0.05) is 11.5 Å². The molecule has 4 rings (SSSR count). The number of fused-ring (bicyclic) bond motifs is 1. The van der Waals surface area contributed by atoms with Crippen LogP contribution in [-0.2, 0) is 20.1 Å². The van der Waals surface area contributed by atoms with Crippen LogP contribution in [0.25, 0.3) is 0 Å². The molecule has 2 aromatic carbocycles. The molecule has 0 saturated carbocycles. The second-order valence-corrected chi connectivity index (χ2v) is 10.2. The van der Waals surface area contributed by atoms with Crippen LogP contribution in [0, 0.1) is 0 Å². The number of nitrogens with one attached hydrogen (secondary N) is 2. The minimum atomic E-state index is -1.60. The van der Waals surface area contributed by atoms with E-state index in [9.17, 15) is 24.3 Å². The number of rotatable bonds is 7. The van der Waals surface area contributed by atoms with Crippen molar-refractivity contribution in [3.63, 3.8) is 0 Å². The molecule has 2 aliphatic heterocycles. The Kier molecular flexibility index (Phi) is 7.15. The van der Waals surface area contributed by atoms with Gasteiger partial charge >= 0.3 is 5.97 Å². The SMILES string of the molecule is NC(C(=O)NC1C(=O)N2CC(NC(=O)SCc3ccccc3)(C(=O)O)CS[C@H]12)c1ccccc1. The largest absolute Gasteiger partial charge is 0.479 e. The number of benzene rings is 2. The summed E-state index contributed by atoms with van der Waals surface area (Å²) in [7, 11) is 0. The fourth-order valence-corrected chi connectivity index (χ4v) is 6.08. The quantitative estimate of drug-likeness (QED) is 0.420. The van der Waals surface area contributed by atoms with Gasteiger partial charge in [0.25, 0.3) is 5.24 Å². The molecule has 2 fully saturated rings. The number of carbonyl (C=O) groups is 4. The van der Waals surface area contributed by atoms with Crippen molar-refractivity contribution in [3.05, 3.63) is 71.8 Å². The van der Waals surface area contributed by atoms with Gasteiger partial charge < -0.3 is 26.4 Å². The van der Waals surface area contributed by atoms with Crippen molar-refractivity contribution < 1.29 is 24.3 Å². The number of carboxylic acid groups (broad SMARTS) is 1. The van der Waals surface area contributed by atoms with Crippen molar-refractivity contribution in [3.8, 4) is 0 Å². The molecule has 11 heteroatoms. The summed E-state index contributed by atoms with van der Waals surface area (Å²) in [6.07, 6.45) is 0. The summed E-state index contributed by atoms with van der Waals surface area (Å²) < 4.78 is 0. The Morgan fingerprint density at radius 3 is 2.44 bits per heavy atom. The zero-order valence-corrected chi connectivity index (χ0v) is 19.7. The van der Waals surface area contributed by atoms with Crippen LogP contribution in [-0.4, -0.2) is 62.3 Å². The summed E-state index contributed by atoms with van der Waals surface area (Å²) in [4.78, 5) is 51.3. The van der Waals surface area contributed by atoms with Gasteiger partial charge in [0.15, 0.2) is 5.54 Å². The zero-order valence-electron chi connectivity index (χ0n) is 18.0. The van der Waals surface area contributed by atoms with Crippen LogP contribution in [0.15, 0.2) is 60.7 Å². The van der Waals surface area contributed by atoms with Gasteiger partial charge in [0.2, 0.25) is 11.8 Å². The van der Waals surface area contributed by atoms with E-state index in [4.69, 9.17) is 5.73 Å². The molecular formula is C23H24N4O5S2. The van der Waals surface area contributed by atoms with Crippen molar-refractivity contribution in [2.75, 3.05) is 12.3 Å². The maximum atomic E-state index is 12.7. The molecule has 178 valence electrons. The zero-order chi connectivity index (χ0) is 24.3. The van der Waals surface area contributed by atoms with Gasteiger partial charge in [-0.1, -0.05) is 72.4 Å². The third-order valence-electron chi connectivity index (χ3n) is 5.78. The van der Waals surface area contributed by atoms with E-state index < -0.39 is 46.0 Å². The van der Waals surface area contributed by atoms with Crippen LogP contribution in [0.3, 0.4) is 0 Å². The predicted molar refractivity (Wildman–Crippen MR) is 130 cm³/mol. The molecule has 2 aromatic rings. The maximum Gasteiger partial charge on any atom is 0.332 e. The van der Waals surface area contributed by atoms with Crippen molar-refractivity contribution in [2.24, 2.45) is 5.73 Å². The molecule has 3 unspecified atom stereocenters. The molecule has 34 heavy (non-hydrogen) atoms. The van der Waals surface area contributed by atoms with Gasteiger partial charge in [0.05, 0.1) is 6.54 Å². The third-order valence-corrected chi connectivity index (χ3v) is 8.15. The summed E-state index contributed by atoms with van der Waals surface area (Å²) in [6, 6.07) is 16.5. The first-order chi connectivity index (χ1) is 16.3. The fourth-order valence-electron chi connectivity index (χ4n) is 3.84. The number of aliphatic carboxylic acids is 1. The highest BCUT2D eigenvalue weighted by Gasteiger charge is 2.58. The molecule has 0 bridgehead atoms. The van der Waals surface area contributed by atoms with Crippen molar-refractivity contribution >= 4 is 46.5 Å². The summed E-state index contributed by atoms with van der Waals surface area (Å²) in [6.45, 7) is -0.173. The highest BCUT2D eigenvalue weighted by atomic mass is 32.2. The van der Waals surface area contributed by atoms with Gasteiger partial charge in [-0.05, 0) is 11.1 Å². The molecule has 0 radical (unpaired) electrons. The number of carboxylic acids is 1. The summed E-state index contributed by atoms with van der Waals surface area (Å²) >= 11 is 2.18.